The molecule has 27 heavy (non-hydrogen) atoms. The van der Waals surface area contributed by atoms with Crippen molar-refractivity contribution in [1.82, 2.24) is 9.55 Å². The van der Waals surface area contributed by atoms with Gasteiger partial charge in [0.25, 0.3) is 5.56 Å². The van der Waals surface area contributed by atoms with E-state index < -0.39 is 10.8 Å². The van der Waals surface area contributed by atoms with Crippen LogP contribution < -0.4 is 10.3 Å². The first kappa shape index (κ1) is 20.8. The maximum Gasteiger partial charge on any atom is 0.273 e. The summed E-state index contributed by atoms with van der Waals surface area (Å²) in [5, 5.41) is 0. The van der Waals surface area contributed by atoms with Crippen LogP contribution in [-0.4, -0.2) is 28.2 Å². The Balaban J connectivity index is 2.71. The quantitative estimate of drug-likeness (QED) is 0.780. The van der Waals surface area contributed by atoms with Gasteiger partial charge in [-0.15, -0.1) is 0 Å². The van der Waals surface area contributed by atoms with Gasteiger partial charge in [0.05, 0.1) is 24.7 Å². The van der Waals surface area contributed by atoms with Crippen molar-refractivity contribution in [3.05, 3.63) is 41.2 Å². The first-order valence-electron chi connectivity index (χ1n) is 8.84. The van der Waals surface area contributed by atoms with Crippen LogP contribution in [-0.2, 0) is 22.6 Å². The molecule has 0 atom stereocenters. The van der Waals surface area contributed by atoms with Crippen LogP contribution in [0.25, 0.3) is 11.0 Å². The molecule has 2 aromatic rings. The van der Waals surface area contributed by atoms with Crippen LogP contribution >= 0.6 is 0 Å². The molecule has 0 spiro atoms. The summed E-state index contributed by atoms with van der Waals surface area (Å²) < 4.78 is 6.68. The molecule has 0 N–H and O–H groups in total. The number of carbonyl (C=O) groups excluding carboxylic acids is 2. The van der Waals surface area contributed by atoms with Crippen LogP contribution in [0.15, 0.2) is 23.0 Å². The lowest BCUT2D eigenvalue weighted by atomic mass is 9.84. The highest BCUT2D eigenvalue weighted by Gasteiger charge is 2.28. The van der Waals surface area contributed by atoms with Crippen molar-refractivity contribution in [3.63, 3.8) is 0 Å². The van der Waals surface area contributed by atoms with Crippen LogP contribution in [0.1, 0.15) is 40.3 Å². The number of hydrogen-bond donors (Lipinski definition) is 0. The molecule has 0 saturated heterocycles. The standard InChI is InChI=1S/C21H27N2O4/c1-13(24)21(5,6)11-16-19(26)23(12-18(25)20(2,3)4)17-10-14(27-7)8-9-15(17)22-16/h8-10H,1,11-12H2,2-7H3. The van der Waals surface area contributed by atoms with Crippen molar-refractivity contribution in [1.29, 1.82) is 0 Å². The van der Waals surface area contributed by atoms with E-state index >= 15 is 0 Å². The fourth-order valence-electron chi connectivity index (χ4n) is 2.57. The van der Waals surface area contributed by atoms with Crippen molar-refractivity contribution < 1.29 is 14.3 Å². The molecule has 1 aromatic carbocycles. The maximum atomic E-state index is 13.1. The maximum absolute atomic E-state index is 13.1. The number of rotatable bonds is 6. The van der Waals surface area contributed by atoms with Crippen molar-refractivity contribution in [2.45, 2.75) is 47.6 Å². The molecule has 145 valence electrons. The lowest BCUT2D eigenvalue weighted by Crippen LogP contribution is -2.35. The molecule has 0 saturated carbocycles. The normalized spacial score (nSPS) is 12.3. The Bertz CT molecular complexity index is 949. The predicted octanol–water partition coefficient (Wildman–Crippen LogP) is 2.99. The largest absolute Gasteiger partial charge is 0.497 e. The highest BCUT2D eigenvalue weighted by Crippen LogP contribution is 2.24. The number of ketones is 2. The second kappa shape index (κ2) is 7.25. The molecule has 6 heteroatoms. The van der Waals surface area contributed by atoms with E-state index in [9.17, 15) is 14.4 Å². The Hall–Kier alpha value is -2.50. The molecule has 6 nitrogen and oxygen atoms in total. The van der Waals surface area contributed by atoms with Crippen LogP contribution in [0.3, 0.4) is 0 Å². The van der Waals surface area contributed by atoms with Crippen molar-refractivity contribution in [2.24, 2.45) is 10.8 Å². The van der Waals surface area contributed by atoms with Gasteiger partial charge < -0.3 is 4.74 Å². The molecule has 0 aliphatic heterocycles. The average molecular weight is 371 g/mol. The molecule has 1 aromatic heterocycles. The van der Waals surface area contributed by atoms with Crippen LogP contribution in [0, 0.1) is 17.8 Å². The number of Topliss-reactive ketones (excluding diaryl/α,β-unsaturated/α-hetero) is 2. The highest BCUT2D eigenvalue weighted by atomic mass is 16.5. The van der Waals surface area contributed by atoms with Gasteiger partial charge in [0.1, 0.15) is 17.2 Å². The zero-order chi connectivity index (χ0) is 20.6. The van der Waals surface area contributed by atoms with E-state index in [0.29, 0.717) is 16.8 Å². The van der Waals surface area contributed by atoms with Gasteiger partial charge in [0.2, 0.25) is 0 Å². The lowest BCUT2D eigenvalue weighted by Gasteiger charge is -2.22. The zero-order valence-electron chi connectivity index (χ0n) is 16.9. The van der Waals surface area contributed by atoms with Crippen molar-refractivity contribution in [3.8, 4) is 5.75 Å². The molecular weight excluding hydrogens is 344 g/mol. The number of benzene rings is 1. The van der Waals surface area contributed by atoms with Gasteiger partial charge in [-0.05, 0) is 12.1 Å². The molecule has 1 radical (unpaired) electrons. The SMILES string of the molecule is [CH2]C(=O)C(C)(C)Cc1nc2ccc(OC)cc2n(CC(=O)C(C)(C)C)c1=O. The number of nitrogens with zero attached hydrogens (tertiary/aromatic N) is 2. The van der Waals surface area contributed by atoms with E-state index in [-0.39, 0.29) is 35.8 Å². The Kier molecular flexibility index (Phi) is 5.59. The Morgan fingerprint density at radius 3 is 2.33 bits per heavy atom. The first-order chi connectivity index (χ1) is 12.4. The summed E-state index contributed by atoms with van der Waals surface area (Å²) >= 11 is 0. The van der Waals surface area contributed by atoms with E-state index in [1.54, 1.807) is 32.0 Å². The van der Waals surface area contributed by atoms with E-state index in [2.05, 4.69) is 11.9 Å². The molecule has 0 bridgehead atoms. The van der Waals surface area contributed by atoms with Gasteiger partial charge in [-0.1, -0.05) is 34.6 Å². The average Bonchev–Trinajstić information content (AvgIpc) is 2.56. The summed E-state index contributed by atoms with van der Waals surface area (Å²) in [5.41, 5.74) is -0.438. The molecule has 2 rings (SSSR count). The molecule has 0 aliphatic carbocycles. The second-order valence-corrected chi connectivity index (χ2v) is 8.46. The minimum Gasteiger partial charge on any atom is -0.497 e. The van der Waals surface area contributed by atoms with E-state index in [1.165, 1.54) is 11.7 Å². The summed E-state index contributed by atoms with van der Waals surface area (Å²) in [5.74, 6) is 0.232. The van der Waals surface area contributed by atoms with Gasteiger partial charge in [-0.2, -0.15) is 0 Å². The summed E-state index contributed by atoms with van der Waals surface area (Å²) in [4.78, 5) is 42.0. The van der Waals surface area contributed by atoms with Crippen molar-refractivity contribution in [2.75, 3.05) is 7.11 Å². The van der Waals surface area contributed by atoms with Crippen LogP contribution in [0.4, 0.5) is 0 Å². The van der Waals surface area contributed by atoms with Crippen molar-refractivity contribution >= 4 is 22.6 Å². The van der Waals surface area contributed by atoms with E-state index in [0.717, 1.165) is 0 Å². The monoisotopic (exact) mass is 371 g/mol. The number of aromatic nitrogens is 2. The summed E-state index contributed by atoms with van der Waals surface area (Å²) in [6, 6.07) is 5.19. The summed E-state index contributed by atoms with van der Waals surface area (Å²) in [7, 11) is 1.54. The topological polar surface area (TPSA) is 78.3 Å². The van der Waals surface area contributed by atoms with Crippen LogP contribution in [0.2, 0.25) is 0 Å². The number of ether oxygens (including phenoxy) is 1. The zero-order valence-corrected chi connectivity index (χ0v) is 16.9. The molecule has 0 aliphatic rings. The third-order valence-corrected chi connectivity index (χ3v) is 4.72. The fourth-order valence-corrected chi connectivity index (χ4v) is 2.57. The van der Waals surface area contributed by atoms with Gasteiger partial charge in [-0.25, -0.2) is 4.98 Å². The molecule has 1 heterocycles. The number of carbonyl (C=O) groups is 2. The summed E-state index contributed by atoms with van der Waals surface area (Å²) in [6.45, 7) is 12.3. The third-order valence-electron chi connectivity index (χ3n) is 4.72. The minimum absolute atomic E-state index is 0.0692. The van der Waals surface area contributed by atoms with Gasteiger partial charge in [0, 0.05) is 30.2 Å². The third kappa shape index (κ3) is 4.43. The summed E-state index contributed by atoms with van der Waals surface area (Å²) in [6.07, 6.45) is 0.153. The predicted molar refractivity (Wildman–Crippen MR) is 105 cm³/mol. The Morgan fingerprint density at radius 2 is 1.81 bits per heavy atom. The molecule has 0 fully saturated rings. The van der Waals surface area contributed by atoms with Gasteiger partial charge in [0.15, 0.2) is 5.78 Å². The molecule has 0 amide bonds. The number of fused-ring (bicyclic) bond motifs is 1. The number of methoxy groups -OCH3 is 1. The van der Waals surface area contributed by atoms with E-state index in [1.807, 2.05) is 20.8 Å². The smallest absolute Gasteiger partial charge is 0.273 e. The second-order valence-electron chi connectivity index (χ2n) is 8.46. The van der Waals surface area contributed by atoms with E-state index in [4.69, 9.17) is 4.74 Å². The van der Waals surface area contributed by atoms with Gasteiger partial charge >= 0.3 is 0 Å². The minimum atomic E-state index is -0.821. The molecular formula is C21H27N2O4. The molecule has 0 unspecified atom stereocenters. The lowest BCUT2D eigenvalue weighted by molar-refractivity contribution is -0.127. The Labute approximate surface area is 159 Å². The fraction of sp³-hybridized carbons (Fsp3) is 0.476. The van der Waals surface area contributed by atoms with Crippen LogP contribution in [0.5, 0.6) is 5.75 Å². The van der Waals surface area contributed by atoms with Gasteiger partial charge in [-0.3, -0.25) is 19.0 Å². The number of hydrogen-bond acceptors (Lipinski definition) is 5. The first-order valence-corrected chi connectivity index (χ1v) is 8.84. The highest BCUT2D eigenvalue weighted by molar-refractivity contribution is 5.88. The Morgan fingerprint density at radius 1 is 1.19 bits per heavy atom.